The monoisotopic (exact) mass is 377 g/mol. The van der Waals surface area contributed by atoms with Gasteiger partial charge in [-0.1, -0.05) is 29.4 Å². The van der Waals surface area contributed by atoms with Crippen LogP contribution in [0.2, 0.25) is 0 Å². The predicted molar refractivity (Wildman–Crippen MR) is 107 cm³/mol. The molecule has 144 valence electrons. The number of aliphatic hydroxyl groups is 1. The molecule has 0 bridgehead atoms. The lowest BCUT2D eigenvalue weighted by molar-refractivity contribution is 0.0593. The van der Waals surface area contributed by atoms with Gasteiger partial charge in [-0.15, -0.1) is 0 Å². The molecule has 0 unspecified atom stereocenters. The molecule has 1 fully saturated rings. The van der Waals surface area contributed by atoms with Crippen molar-refractivity contribution in [2.75, 3.05) is 20.3 Å². The molecule has 0 aliphatic carbocycles. The molecule has 1 amide bonds. The second-order valence-electron chi connectivity index (χ2n) is 6.82. The van der Waals surface area contributed by atoms with E-state index in [4.69, 9.17) is 4.84 Å². The minimum absolute atomic E-state index is 0.0791. The van der Waals surface area contributed by atoms with Crippen molar-refractivity contribution in [2.45, 2.75) is 25.8 Å². The normalized spacial score (nSPS) is 18.0. The number of nitriles is 1. The lowest BCUT2D eigenvalue weighted by atomic mass is 9.95. The van der Waals surface area contributed by atoms with E-state index in [1.165, 1.54) is 7.11 Å². The zero-order valence-electron chi connectivity index (χ0n) is 16.1. The Morgan fingerprint density at radius 1 is 1.32 bits per heavy atom. The number of rotatable bonds is 4. The maximum atomic E-state index is 13.0. The summed E-state index contributed by atoms with van der Waals surface area (Å²) < 4.78 is 0. The second kappa shape index (κ2) is 8.68. The minimum Gasteiger partial charge on any atom is -0.399 e. The van der Waals surface area contributed by atoms with E-state index in [2.05, 4.69) is 11.2 Å². The Morgan fingerprint density at radius 3 is 2.71 bits per heavy atom. The van der Waals surface area contributed by atoms with Crippen LogP contribution in [-0.4, -0.2) is 47.9 Å². The fourth-order valence-electron chi connectivity index (χ4n) is 3.55. The summed E-state index contributed by atoms with van der Waals surface area (Å²) in [6.45, 7) is 2.19. The Labute approximate surface area is 164 Å². The summed E-state index contributed by atoms with van der Waals surface area (Å²) in [5.41, 5.74) is 4.82. The third kappa shape index (κ3) is 3.90. The molecule has 2 aromatic carbocycles. The highest BCUT2D eigenvalue weighted by Gasteiger charge is 2.30. The standard InChI is InChI=1S/C22H23N3O3/c1-15-18(12-23)4-3-5-21(15)16-6-8-17(9-7-16)22(27)25-13-19(24-28-2)10-11-20(25)14-26/h3-9,20,26H,10-11,13-14H2,1-2H3/b24-19-/t20-/m0/s1. The van der Waals surface area contributed by atoms with Gasteiger partial charge in [-0.2, -0.15) is 5.26 Å². The van der Waals surface area contributed by atoms with Gasteiger partial charge in [0.1, 0.15) is 7.11 Å². The summed E-state index contributed by atoms with van der Waals surface area (Å²) >= 11 is 0. The number of oxime groups is 1. The summed E-state index contributed by atoms with van der Waals surface area (Å²) in [4.78, 5) is 19.5. The molecule has 1 saturated heterocycles. The van der Waals surface area contributed by atoms with E-state index < -0.39 is 0 Å². The molecule has 0 saturated carbocycles. The summed E-state index contributed by atoms with van der Waals surface area (Å²) in [6.07, 6.45) is 1.36. The molecule has 28 heavy (non-hydrogen) atoms. The second-order valence-corrected chi connectivity index (χ2v) is 6.82. The smallest absolute Gasteiger partial charge is 0.254 e. The first-order chi connectivity index (χ1) is 13.6. The number of amides is 1. The number of carbonyl (C=O) groups is 1. The van der Waals surface area contributed by atoms with Crippen molar-refractivity contribution in [2.24, 2.45) is 5.16 Å². The van der Waals surface area contributed by atoms with Gasteiger partial charge < -0.3 is 14.8 Å². The van der Waals surface area contributed by atoms with Gasteiger partial charge in [0.25, 0.3) is 5.91 Å². The Kier molecular flexibility index (Phi) is 6.07. The quantitative estimate of drug-likeness (QED) is 0.830. The van der Waals surface area contributed by atoms with Crippen LogP contribution in [0.3, 0.4) is 0 Å². The fourth-order valence-corrected chi connectivity index (χ4v) is 3.55. The van der Waals surface area contributed by atoms with Crippen molar-refractivity contribution in [3.63, 3.8) is 0 Å². The highest BCUT2D eigenvalue weighted by atomic mass is 16.6. The maximum absolute atomic E-state index is 13.0. The Balaban J connectivity index is 1.85. The van der Waals surface area contributed by atoms with Crippen molar-refractivity contribution in [3.8, 4) is 17.2 Å². The van der Waals surface area contributed by atoms with E-state index in [1.54, 1.807) is 23.1 Å². The number of piperidine rings is 1. The number of benzene rings is 2. The minimum atomic E-state index is -0.225. The first kappa shape index (κ1) is 19.6. The van der Waals surface area contributed by atoms with Crippen molar-refractivity contribution in [3.05, 3.63) is 59.2 Å². The maximum Gasteiger partial charge on any atom is 0.254 e. The van der Waals surface area contributed by atoms with Gasteiger partial charge in [-0.3, -0.25) is 4.79 Å². The van der Waals surface area contributed by atoms with Crippen LogP contribution < -0.4 is 0 Å². The van der Waals surface area contributed by atoms with Crippen molar-refractivity contribution >= 4 is 11.6 Å². The molecular formula is C22H23N3O3. The van der Waals surface area contributed by atoms with E-state index in [0.29, 0.717) is 30.5 Å². The topological polar surface area (TPSA) is 85.9 Å². The summed E-state index contributed by atoms with van der Waals surface area (Å²) in [7, 11) is 1.49. The van der Waals surface area contributed by atoms with Crippen molar-refractivity contribution < 1.29 is 14.7 Å². The number of carbonyl (C=O) groups excluding carboxylic acids is 1. The van der Waals surface area contributed by atoms with E-state index in [0.717, 1.165) is 22.4 Å². The highest BCUT2D eigenvalue weighted by Crippen LogP contribution is 2.26. The van der Waals surface area contributed by atoms with Gasteiger partial charge >= 0.3 is 0 Å². The predicted octanol–water partition coefficient (Wildman–Crippen LogP) is 3.13. The van der Waals surface area contributed by atoms with Gasteiger partial charge in [-0.05, 0) is 54.7 Å². The first-order valence-electron chi connectivity index (χ1n) is 9.20. The molecule has 6 nitrogen and oxygen atoms in total. The summed E-state index contributed by atoms with van der Waals surface area (Å²) in [5.74, 6) is -0.142. The van der Waals surface area contributed by atoms with E-state index in [9.17, 15) is 15.2 Å². The molecule has 3 rings (SSSR count). The molecule has 1 atom stereocenters. The molecule has 0 radical (unpaired) electrons. The molecule has 1 heterocycles. The number of likely N-dealkylation sites (tertiary alicyclic amines) is 1. The van der Waals surface area contributed by atoms with Crippen LogP contribution in [-0.2, 0) is 4.84 Å². The van der Waals surface area contributed by atoms with E-state index >= 15 is 0 Å². The lowest BCUT2D eigenvalue weighted by Gasteiger charge is -2.35. The molecule has 0 spiro atoms. The molecular weight excluding hydrogens is 354 g/mol. The summed E-state index contributed by atoms with van der Waals surface area (Å²) in [5, 5.41) is 22.8. The van der Waals surface area contributed by atoms with Gasteiger partial charge in [-0.25, -0.2) is 0 Å². The number of nitrogens with zero attached hydrogens (tertiary/aromatic N) is 3. The zero-order valence-corrected chi connectivity index (χ0v) is 16.1. The summed E-state index contributed by atoms with van der Waals surface area (Å²) in [6, 6.07) is 14.9. The third-order valence-corrected chi connectivity index (χ3v) is 5.15. The van der Waals surface area contributed by atoms with Crippen LogP contribution in [0.5, 0.6) is 0 Å². The molecule has 2 aromatic rings. The van der Waals surface area contributed by atoms with Crippen LogP contribution >= 0.6 is 0 Å². The van der Waals surface area contributed by atoms with Gasteiger partial charge in [0, 0.05) is 5.56 Å². The molecule has 0 aromatic heterocycles. The number of hydrogen-bond acceptors (Lipinski definition) is 5. The van der Waals surface area contributed by atoms with Crippen molar-refractivity contribution in [1.82, 2.24) is 4.90 Å². The SMILES string of the molecule is CO/N=C1/CC[C@@H](CO)N(C(=O)c2ccc(-c3cccc(C#N)c3C)cc2)C1. The number of aliphatic hydroxyl groups excluding tert-OH is 1. The number of hydrogen-bond donors (Lipinski definition) is 1. The Hall–Kier alpha value is -3.17. The van der Waals surface area contributed by atoms with Crippen molar-refractivity contribution in [1.29, 1.82) is 5.26 Å². The van der Waals surface area contributed by atoms with E-state index in [-0.39, 0.29) is 18.6 Å². The van der Waals surface area contributed by atoms with Crippen LogP contribution in [0, 0.1) is 18.3 Å². The molecule has 1 aliphatic heterocycles. The largest absolute Gasteiger partial charge is 0.399 e. The average Bonchev–Trinajstić information content (AvgIpc) is 2.74. The third-order valence-electron chi connectivity index (χ3n) is 5.15. The first-order valence-corrected chi connectivity index (χ1v) is 9.20. The molecule has 6 heteroatoms. The van der Waals surface area contributed by atoms with E-state index in [1.807, 2.05) is 31.2 Å². The van der Waals surface area contributed by atoms with Crippen LogP contribution in [0.15, 0.2) is 47.6 Å². The fraction of sp³-hybridized carbons (Fsp3) is 0.318. The average molecular weight is 377 g/mol. The molecule has 1 aliphatic rings. The van der Waals surface area contributed by atoms with Gasteiger partial charge in [0.2, 0.25) is 0 Å². The zero-order chi connectivity index (χ0) is 20.1. The van der Waals surface area contributed by atoms with Gasteiger partial charge in [0.05, 0.1) is 36.5 Å². The van der Waals surface area contributed by atoms with Crippen LogP contribution in [0.1, 0.15) is 34.3 Å². The Bertz CT molecular complexity index is 929. The lowest BCUT2D eigenvalue weighted by Crippen LogP contribution is -2.49. The highest BCUT2D eigenvalue weighted by molar-refractivity contribution is 5.99. The Morgan fingerprint density at radius 2 is 2.07 bits per heavy atom. The van der Waals surface area contributed by atoms with Gasteiger partial charge in [0.15, 0.2) is 0 Å². The molecule has 1 N–H and O–H groups in total. The van der Waals surface area contributed by atoms with Crippen LogP contribution in [0.4, 0.5) is 0 Å². The van der Waals surface area contributed by atoms with Crippen LogP contribution in [0.25, 0.3) is 11.1 Å².